The van der Waals surface area contributed by atoms with Gasteiger partial charge in [0.05, 0.1) is 27.4 Å². The number of aromatic hydroxyl groups is 1. The summed E-state index contributed by atoms with van der Waals surface area (Å²) in [6.45, 7) is 4.05. The molecular formula is C22H25NO5. The fraction of sp³-hybridized carbons (Fsp3) is 0.318. The topological polar surface area (TPSA) is 68.2 Å². The van der Waals surface area contributed by atoms with Crippen molar-refractivity contribution in [1.82, 2.24) is 4.90 Å². The highest BCUT2D eigenvalue weighted by molar-refractivity contribution is 6.07. The minimum atomic E-state index is -0.163. The number of hydrogen-bond acceptors (Lipinski definition) is 6. The lowest BCUT2D eigenvalue weighted by Crippen LogP contribution is -2.35. The van der Waals surface area contributed by atoms with E-state index in [1.165, 1.54) is 25.3 Å². The van der Waals surface area contributed by atoms with Gasteiger partial charge in [-0.3, -0.25) is 9.69 Å². The van der Waals surface area contributed by atoms with Gasteiger partial charge in [-0.25, -0.2) is 0 Å². The van der Waals surface area contributed by atoms with Gasteiger partial charge in [0.2, 0.25) is 0 Å². The van der Waals surface area contributed by atoms with Crippen molar-refractivity contribution in [2.75, 3.05) is 40.5 Å². The van der Waals surface area contributed by atoms with Crippen LogP contribution in [-0.2, 0) is 11.3 Å². The molecule has 1 N–H and O–H groups in total. The number of hydrogen-bond donors (Lipinski definition) is 1. The Hall–Kier alpha value is -2.83. The summed E-state index contributed by atoms with van der Waals surface area (Å²) in [5, 5.41) is 9.66. The molecule has 1 aliphatic heterocycles. The highest BCUT2D eigenvalue weighted by Gasteiger charge is 2.14. The summed E-state index contributed by atoms with van der Waals surface area (Å²) in [5.74, 6) is 0.949. The molecule has 2 aromatic rings. The molecule has 28 heavy (non-hydrogen) atoms. The Bertz CT molecular complexity index is 856. The lowest BCUT2D eigenvalue weighted by molar-refractivity contribution is 0.0339. The van der Waals surface area contributed by atoms with Gasteiger partial charge in [0.25, 0.3) is 0 Å². The van der Waals surface area contributed by atoms with Crippen LogP contribution in [-0.4, -0.2) is 56.3 Å². The van der Waals surface area contributed by atoms with Gasteiger partial charge in [0.15, 0.2) is 17.3 Å². The van der Waals surface area contributed by atoms with E-state index in [0.29, 0.717) is 5.56 Å². The minimum Gasteiger partial charge on any atom is -0.504 e. The average Bonchev–Trinajstić information content (AvgIpc) is 2.73. The van der Waals surface area contributed by atoms with Crippen LogP contribution in [0.25, 0.3) is 6.08 Å². The van der Waals surface area contributed by atoms with Crippen LogP contribution in [0.15, 0.2) is 42.5 Å². The van der Waals surface area contributed by atoms with Crippen molar-refractivity contribution in [2.24, 2.45) is 0 Å². The van der Waals surface area contributed by atoms with Gasteiger partial charge in [-0.1, -0.05) is 12.1 Å². The molecule has 0 atom stereocenters. The van der Waals surface area contributed by atoms with E-state index in [9.17, 15) is 9.90 Å². The van der Waals surface area contributed by atoms with Crippen LogP contribution < -0.4 is 9.47 Å². The van der Waals surface area contributed by atoms with E-state index >= 15 is 0 Å². The van der Waals surface area contributed by atoms with Crippen molar-refractivity contribution in [3.05, 3.63) is 59.2 Å². The summed E-state index contributed by atoms with van der Waals surface area (Å²) in [5.41, 5.74) is 2.45. The van der Waals surface area contributed by atoms with Gasteiger partial charge in [0.1, 0.15) is 5.75 Å². The number of ether oxygens (including phenoxy) is 3. The summed E-state index contributed by atoms with van der Waals surface area (Å²) in [4.78, 5) is 14.8. The number of benzene rings is 2. The summed E-state index contributed by atoms with van der Waals surface area (Å²) < 4.78 is 15.9. The lowest BCUT2D eigenvalue weighted by Gasteiger charge is -2.27. The van der Waals surface area contributed by atoms with Crippen molar-refractivity contribution >= 4 is 11.9 Å². The Morgan fingerprint density at radius 2 is 1.86 bits per heavy atom. The van der Waals surface area contributed by atoms with E-state index in [2.05, 4.69) is 4.90 Å². The van der Waals surface area contributed by atoms with Crippen molar-refractivity contribution in [1.29, 1.82) is 0 Å². The Balaban J connectivity index is 1.75. The molecule has 1 fully saturated rings. The van der Waals surface area contributed by atoms with Gasteiger partial charge in [-0.2, -0.15) is 0 Å². The molecule has 0 spiro atoms. The zero-order chi connectivity index (χ0) is 19.9. The molecule has 6 nitrogen and oxygen atoms in total. The molecule has 6 heteroatoms. The van der Waals surface area contributed by atoms with Gasteiger partial charge < -0.3 is 19.3 Å². The highest BCUT2D eigenvalue weighted by Crippen LogP contribution is 2.27. The standard InChI is InChI=1S/C22H25NO5/c1-26-21-8-4-16(13-18(21)15-23-9-11-28-12-10-23)3-6-19(24)17-5-7-20(25)22(14-17)27-2/h3-8,13-14,25H,9-12,15H2,1-2H3/b6-3+. The van der Waals surface area contributed by atoms with Crippen LogP contribution in [0.5, 0.6) is 17.2 Å². The van der Waals surface area contributed by atoms with E-state index in [4.69, 9.17) is 14.2 Å². The molecule has 1 saturated heterocycles. The Labute approximate surface area is 164 Å². The smallest absolute Gasteiger partial charge is 0.185 e. The maximum Gasteiger partial charge on any atom is 0.185 e. The number of carbonyl (C=O) groups excluding carboxylic acids is 1. The second kappa shape index (κ2) is 9.39. The zero-order valence-corrected chi connectivity index (χ0v) is 16.2. The van der Waals surface area contributed by atoms with Crippen LogP contribution in [0, 0.1) is 0 Å². The predicted octanol–water partition coefficient (Wildman–Crippen LogP) is 3.14. The third-order valence-electron chi connectivity index (χ3n) is 4.69. The van der Waals surface area contributed by atoms with Crippen LogP contribution in [0.3, 0.4) is 0 Å². The quantitative estimate of drug-likeness (QED) is 0.585. The van der Waals surface area contributed by atoms with E-state index < -0.39 is 0 Å². The van der Waals surface area contributed by atoms with Crippen LogP contribution in [0.1, 0.15) is 21.5 Å². The van der Waals surface area contributed by atoms with Gasteiger partial charge in [0, 0.05) is 30.8 Å². The third kappa shape index (κ3) is 4.91. The molecule has 0 radical (unpaired) electrons. The first-order valence-corrected chi connectivity index (χ1v) is 9.17. The molecule has 148 valence electrons. The lowest BCUT2D eigenvalue weighted by atomic mass is 10.1. The number of phenols is 1. The van der Waals surface area contributed by atoms with Crippen LogP contribution >= 0.6 is 0 Å². The van der Waals surface area contributed by atoms with E-state index in [1.807, 2.05) is 18.2 Å². The monoisotopic (exact) mass is 383 g/mol. The van der Waals surface area contributed by atoms with Gasteiger partial charge in [-0.05, 0) is 42.0 Å². The van der Waals surface area contributed by atoms with Crippen LogP contribution in [0.4, 0.5) is 0 Å². The number of nitrogens with zero attached hydrogens (tertiary/aromatic N) is 1. The number of allylic oxidation sites excluding steroid dienone is 1. The van der Waals surface area contributed by atoms with Crippen molar-refractivity contribution in [2.45, 2.75) is 6.54 Å². The molecule has 1 heterocycles. The molecule has 0 bridgehead atoms. The normalized spacial score (nSPS) is 14.9. The SMILES string of the molecule is COc1cc(C(=O)/C=C/c2ccc(OC)c(CN3CCOCC3)c2)ccc1O. The van der Waals surface area contributed by atoms with Gasteiger partial charge in [-0.15, -0.1) is 0 Å². The molecule has 0 aromatic heterocycles. The molecule has 0 amide bonds. The summed E-state index contributed by atoms with van der Waals surface area (Å²) in [7, 11) is 3.11. The molecular weight excluding hydrogens is 358 g/mol. The number of ketones is 1. The highest BCUT2D eigenvalue weighted by atomic mass is 16.5. The maximum absolute atomic E-state index is 12.5. The van der Waals surface area contributed by atoms with E-state index in [-0.39, 0.29) is 17.3 Å². The molecule has 1 aliphatic rings. The predicted molar refractivity (Wildman–Crippen MR) is 107 cm³/mol. The summed E-state index contributed by atoms with van der Waals surface area (Å²) in [6.07, 6.45) is 3.30. The first kappa shape index (κ1) is 19.9. The second-order valence-corrected chi connectivity index (χ2v) is 6.54. The molecule has 0 aliphatic carbocycles. The largest absolute Gasteiger partial charge is 0.504 e. The number of carbonyl (C=O) groups is 1. The van der Waals surface area contributed by atoms with Gasteiger partial charge >= 0.3 is 0 Å². The fourth-order valence-corrected chi connectivity index (χ4v) is 3.12. The minimum absolute atomic E-state index is 0.00550. The van der Waals surface area contributed by atoms with Crippen LogP contribution in [0.2, 0.25) is 0 Å². The number of phenolic OH excluding ortho intramolecular Hbond substituents is 1. The summed E-state index contributed by atoms with van der Waals surface area (Å²) >= 11 is 0. The van der Waals surface area contributed by atoms with Crippen molar-refractivity contribution in [3.63, 3.8) is 0 Å². The Morgan fingerprint density at radius 1 is 1.11 bits per heavy atom. The fourth-order valence-electron chi connectivity index (χ4n) is 3.12. The summed E-state index contributed by atoms with van der Waals surface area (Å²) in [6, 6.07) is 10.4. The van der Waals surface area contributed by atoms with E-state index in [1.54, 1.807) is 19.3 Å². The van der Waals surface area contributed by atoms with Crippen molar-refractivity contribution in [3.8, 4) is 17.2 Å². The number of methoxy groups -OCH3 is 2. The third-order valence-corrected chi connectivity index (χ3v) is 4.69. The second-order valence-electron chi connectivity index (χ2n) is 6.54. The molecule has 2 aromatic carbocycles. The first-order chi connectivity index (χ1) is 13.6. The van der Waals surface area contributed by atoms with Crippen molar-refractivity contribution < 1.29 is 24.1 Å². The number of rotatable bonds is 7. The average molecular weight is 383 g/mol. The Morgan fingerprint density at radius 3 is 2.57 bits per heavy atom. The Kier molecular flexibility index (Phi) is 6.68. The maximum atomic E-state index is 12.5. The zero-order valence-electron chi connectivity index (χ0n) is 16.2. The molecule has 0 saturated carbocycles. The first-order valence-electron chi connectivity index (χ1n) is 9.17. The molecule has 0 unspecified atom stereocenters. The number of morpholine rings is 1. The van der Waals surface area contributed by atoms with E-state index in [0.717, 1.165) is 49.7 Å². The molecule has 3 rings (SSSR count).